The third kappa shape index (κ3) is 6.44. The van der Waals surface area contributed by atoms with E-state index in [1.165, 1.54) is 76.7 Å². The van der Waals surface area contributed by atoms with Gasteiger partial charge < -0.3 is 9.47 Å². The van der Waals surface area contributed by atoms with E-state index < -0.39 is 0 Å². The quantitative estimate of drug-likeness (QED) is 0.148. The first kappa shape index (κ1) is 37.3. The summed E-state index contributed by atoms with van der Waals surface area (Å²) in [4.78, 5) is 2.37. The summed E-state index contributed by atoms with van der Waals surface area (Å²) in [6.45, 7) is 0. The fourth-order valence-electron chi connectivity index (χ4n) is 9.81. The standard InChI is InChI=1S/C62H42N2/c1-3-16-43(17-4-1)45-32-37-50(38-33-45)63(51-39-34-46(35-40-51)44-18-5-2-6-19-44)52-24-13-23-49(42-52)54-26-11-12-30-58(54)64-59-31-15-29-57(56-28-14-22-47-20-7-9-25-53(47)56)62(59)61-55-27-10-8-21-48(55)36-41-60(61)64/h1-42H. The zero-order valence-corrected chi connectivity index (χ0v) is 35.1. The highest BCUT2D eigenvalue weighted by atomic mass is 15.1. The van der Waals surface area contributed by atoms with Crippen LogP contribution in [0.3, 0.4) is 0 Å². The lowest BCUT2D eigenvalue weighted by Crippen LogP contribution is -2.10. The van der Waals surface area contributed by atoms with E-state index in [1.807, 2.05) is 0 Å². The largest absolute Gasteiger partial charge is 0.310 e. The predicted octanol–water partition coefficient (Wildman–Crippen LogP) is 17.2. The Morgan fingerprint density at radius 1 is 0.266 bits per heavy atom. The number of rotatable bonds is 8. The van der Waals surface area contributed by atoms with Crippen molar-refractivity contribution in [1.29, 1.82) is 0 Å². The van der Waals surface area contributed by atoms with Gasteiger partial charge in [-0.15, -0.1) is 0 Å². The van der Waals surface area contributed by atoms with Crippen LogP contribution in [0.5, 0.6) is 0 Å². The van der Waals surface area contributed by atoms with Crippen LogP contribution in [0.25, 0.3) is 93.5 Å². The molecule has 11 aromatic carbocycles. The van der Waals surface area contributed by atoms with E-state index in [4.69, 9.17) is 0 Å². The molecule has 0 aliphatic rings. The molecular weight excluding hydrogens is 773 g/mol. The van der Waals surface area contributed by atoms with Gasteiger partial charge in [0.2, 0.25) is 0 Å². The molecule has 1 aromatic heterocycles. The molecule has 0 aliphatic heterocycles. The van der Waals surface area contributed by atoms with Crippen molar-refractivity contribution in [3.8, 4) is 50.2 Å². The van der Waals surface area contributed by atoms with Crippen molar-refractivity contribution in [1.82, 2.24) is 4.57 Å². The first-order valence-corrected chi connectivity index (χ1v) is 22.0. The van der Waals surface area contributed by atoms with Crippen LogP contribution in [0.1, 0.15) is 0 Å². The number of aromatic nitrogens is 1. The van der Waals surface area contributed by atoms with Crippen LogP contribution in [0, 0.1) is 0 Å². The lowest BCUT2D eigenvalue weighted by molar-refractivity contribution is 1.18. The van der Waals surface area contributed by atoms with E-state index >= 15 is 0 Å². The minimum absolute atomic E-state index is 1.08. The smallest absolute Gasteiger partial charge is 0.0548 e. The van der Waals surface area contributed by atoms with Crippen LogP contribution in [0.4, 0.5) is 17.1 Å². The molecule has 0 aliphatic carbocycles. The first-order valence-electron chi connectivity index (χ1n) is 22.0. The summed E-state index contributed by atoms with van der Waals surface area (Å²) in [5, 5.41) is 7.51. The molecule has 12 rings (SSSR count). The number of hydrogen-bond donors (Lipinski definition) is 0. The Labute approximate surface area is 373 Å². The molecule has 0 bridgehead atoms. The summed E-state index contributed by atoms with van der Waals surface area (Å²) in [7, 11) is 0. The molecule has 64 heavy (non-hydrogen) atoms. The normalized spacial score (nSPS) is 11.4. The average molecular weight is 815 g/mol. The summed E-state index contributed by atoms with van der Waals surface area (Å²) in [6.07, 6.45) is 0. The molecule has 2 nitrogen and oxygen atoms in total. The average Bonchev–Trinajstić information content (AvgIpc) is 3.72. The molecule has 0 saturated heterocycles. The minimum atomic E-state index is 1.08. The third-order valence-corrected chi connectivity index (χ3v) is 12.8. The topological polar surface area (TPSA) is 8.17 Å². The van der Waals surface area contributed by atoms with Crippen molar-refractivity contribution in [3.63, 3.8) is 0 Å². The third-order valence-electron chi connectivity index (χ3n) is 12.8. The Kier molecular flexibility index (Phi) is 9.20. The van der Waals surface area contributed by atoms with Gasteiger partial charge in [0.15, 0.2) is 0 Å². The molecule has 2 heteroatoms. The molecule has 0 unspecified atom stereocenters. The highest BCUT2D eigenvalue weighted by molar-refractivity contribution is 6.26. The molecular formula is C62H42N2. The van der Waals surface area contributed by atoms with Gasteiger partial charge in [0.05, 0.1) is 16.7 Å². The SMILES string of the molecule is c1ccc(-c2ccc(N(c3ccc(-c4ccccc4)cc3)c3cccc(-c4ccccc4-n4c5cccc(-c6cccc7ccccc67)c5c5c6ccccc6ccc54)c3)cc2)cc1. The zero-order valence-electron chi connectivity index (χ0n) is 35.1. The summed E-state index contributed by atoms with van der Waals surface area (Å²) in [5.41, 5.74) is 16.3. The maximum atomic E-state index is 2.50. The number of hydrogen-bond acceptors (Lipinski definition) is 1. The Balaban J connectivity index is 1.04. The van der Waals surface area contributed by atoms with Crippen LogP contribution in [-0.2, 0) is 0 Å². The van der Waals surface area contributed by atoms with Crippen LogP contribution >= 0.6 is 0 Å². The van der Waals surface area contributed by atoms with Gasteiger partial charge in [0.25, 0.3) is 0 Å². The van der Waals surface area contributed by atoms with Crippen molar-refractivity contribution in [2.45, 2.75) is 0 Å². The second kappa shape index (κ2) is 15.8. The fraction of sp³-hybridized carbons (Fsp3) is 0. The van der Waals surface area contributed by atoms with Gasteiger partial charge in [0, 0.05) is 33.4 Å². The number of anilines is 3. The molecule has 1 heterocycles. The molecule has 0 fully saturated rings. The number of para-hydroxylation sites is 1. The summed E-state index contributed by atoms with van der Waals surface area (Å²) in [5.74, 6) is 0. The van der Waals surface area contributed by atoms with Gasteiger partial charge in [-0.1, -0.05) is 200 Å². The van der Waals surface area contributed by atoms with E-state index in [-0.39, 0.29) is 0 Å². The second-order valence-corrected chi connectivity index (χ2v) is 16.5. The van der Waals surface area contributed by atoms with Crippen molar-refractivity contribution >= 4 is 60.4 Å². The highest BCUT2D eigenvalue weighted by Gasteiger charge is 2.22. The van der Waals surface area contributed by atoms with E-state index in [0.717, 1.165) is 33.9 Å². The zero-order chi connectivity index (χ0) is 42.4. The number of nitrogens with zero attached hydrogens (tertiary/aromatic N) is 2. The van der Waals surface area contributed by atoms with Crippen LogP contribution in [0.15, 0.2) is 255 Å². The van der Waals surface area contributed by atoms with Crippen LogP contribution < -0.4 is 4.90 Å². The van der Waals surface area contributed by atoms with Crippen LogP contribution in [-0.4, -0.2) is 4.57 Å². The molecule has 0 radical (unpaired) electrons. The molecule has 0 spiro atoms. The fourth-order valence-corrected chi connectivity index (χ4v) is 9.81. The summed E-state index contributed by atoms with van der Waals surface area (Å²) >= 11 is 0. The van der Waals surface area contributed by atoms with Gasteiger partial charge in [-0.3, -0.25) is 0 Å². The Morgan fingerprint density at radius 2 is 0.750 bits per heavy atom. The maximum Gasteiger partial charge on any atom is 0.0548 e. The molecule has 0 N–H and O–H groups in total. The second-order valence-electron chi connectivity index (χ2n) is 16.5. The predicted molar refractivity (Wildman–Crippen MR) is 272 cm³/mol. The van der Waals surface area contributed by atoms with Gasteiger partial charge in [-0.2, -0.15) is 0 Å². The molecule has 0 amide bonds. The highest BCUT2D eigenvalue weighted by Crippen LogP contribution is 2.45. The van der Waals surface area contributed by atoms with Gasteiger partial charge in [0.1, 0.15) is 0 Å². The molecule has 0 atom stereocenters. The van der Waals surface area contributed by atoms with E-state index in [9.17, 15) is 0 Å². The minimum Gasteiger partial charge on any atom is -0.310 e. The van der Waals surface area contributed by atoms with E-state index in [1.54, 1.807) is 0 Å². The molecule has 0 saturated carbocycles. The summed E-state index contributed by atoms with van der Waals surface area (Å²) < 4.78 is 2.50. The lowest BCUT2D eigenvalue weighted by Gasteiger charge is -2.27. The lowest BCUT2D eigenvalue weighted by atomic mass is 9.93. The Hall–Kier alpha value is -8.46. The van der Waals surface area contributed by atoms with Gasteiger partial charge >= 0.3 is 0 Å². The monoisotopic (exact) mass is 814 g/mol. The van der Waals surface area contributed by atoms with E-state index in [0.29, 0.717) is 0 Å². The first-order chi connectivity index (χ1) is 31.8. The van der Waals surface area contributed by atoms with Crippen molar-refractivity contribution in [2.24, 2.45) is 0 Å². The van der Waals surface area contributed by atoms with Gasteiger partial charge in [-0.05, 0) is 115 Å². The van der Waals surface area contributed by atoms with Gasteiger partial charge in [-0.25, -0.2) is 0 Å². The Morgan fingerprint density at radius 3 is 1.45 bits per heavy atom. The maximum absolute atomic E-state index is 2.50. The van der Waals surface area contributed by atoms with Crippen molar-refractivity contribution < 1.29 is 0 Å². The number of fused-ring (bicyclic) bond motifs is 6. The van der Waals surface area contributed by atoms with Crippen molar-refractivity contribution in [2.75, 3.05) is 4.90 Å². The molecule has 300 valence electrons. The molecule has 12 aromatic rings. The summed E-state index contributed by atoms with van der Waals surface area (Å²) in [6, 6.07) is 92.6. The van der Waals surface area contributed by atoms with Crippen molar-refractivity contribution in [3.05, 3.63) is 255 Å². The Bertz CT molecular complexity index is 3550. The van der Waals surface area contributed by atoms with Crippen LogP contribution in [0.2, 0.25) is 0 Å². The van der Waals surface area contributed by atoms with E-state index in [2.05, 4.69) is 264 Å². The number of benzene rings is 11.